The number of hydrogen-bond donors (Lipinski definition) is 3. The first kappa shape index (κ1) is 18.2. The third-order valence-electron chi connectivity index (χ3n) is 3.17. The average molecular weight is 413 g/mol. The zero-order valence-corrected chi connectivity index (χ0v) is 15.4. The molecule has 0 aliphatic rings. The minimum absolute atomic E-state index is 0.153. The van der Waals surface area contributed by atoms with Gasteiger partial charge in [-0.15, -0.1) is 0 Å². The number of thiophene rings is 1. The minimum Gasteiger partial charge on any atom is -0.352 e. The van der Waals surface area contributed by atoms with Crippen molar-refractivity contribution in [3.05, 3.63) is 44.8 Å². The summed E-state index contributed by atoms with van der Waals surface area (Å²) in [5.41, 5.74) is 5.75. The van der Waals surface area contributed by atoms with E-state index in [9.17, 15) is 14.4 Å². The summed E-state index contributed by atoms with van der Waals surface area (Å²) in [6, 6.07) is 3.39. The molecule has 0 aliphatic carbocycles. The highest BCUT2D eigenvalue weighted by atomic mass is 79.9. The van der Waals surface area contributed by atoms with Crippen LogP contribution in [0.3, 0.4) is 0 Å². The van der Waals surface area contributed by atoms with Gasteiger partial charge >= 0.3 is 0 Å². The summed E-state index contributed by atoms with van der Waals surface area (Å²) in [4.78, 5) is 35.3. The van der Waals surface area contributed by atoms with Gasteiger partial charge in [0.05, 0.1) is 0 Å². The Morgan fingerprint density at radius 1 is 1.25 bits per heavy atom. The molecule has 128 valence electrons. The van der Waals surface area contributed by atoms with Gasteiger partial charge in [0.15, 0.2) is 0 Å². The largest absolute Gasteiger partial charge is 0.352 e. The van der Waals surface area contributed by atoms with Crippen molar-refractivity contribution < 1.29 is 14.4 Å². The van der Waals surface area contributed by atoms with Crippen molar-refractivity contribution in [3.8, 4) is 0 Å². The number of aryl methyl sites for hydroxylation is 1. The number of nitrogens with zero attached hydrogens (tertiary/aromatic N) is 1. The molecule has 24 heavy (non-hydrogen) atoms. The van der Waals surface area contributed by atoms with Crippen molar-refractivity contribution in [2.75, 3.05) is 6.54 Å². The van der Waals surface area contributed by atoms with Gasteiger partial charge in [0.2, 0.25) is 5.91 Å². The molecule has 2 heterocycles. The van der Waals surface area contributed by atoms with E-state index in [1.165, 1.54) is 11.3 Å². The molecule has 9 heteroatoms. The van der Waals surface area contributed by atoms with E-state index >= 15 is 0 Å². The maximum absolute atomic E-state index is 11.9. The lowest BCUT2D eigenvalue weighted by Gasteiger charge is -2.08. The summed E-state index contributed by atoms with van der Waals surface area (Å²) in [5, 5.41) is 6.33. The number of nitrogens with one attached hydrogen (secondary N) is 3. The van der Waals surface area contributed by atoms with E-state index in [2.05, 4.69) is 32.1 Å². The summed E-state index contributed by atoms with van der Waals surface area (Å²) < 4.78 is 2.42. The maximum atomic E-state index is 11.9. The molecule has 3 amide bonds. The third-order valence-corrected chi connectivity index (χ3v) is 4.29. The van der Waals surface area contributed by atoms with Crippen molar-refractivity contribution in [3.63, 3.8) is 0 Å². The number of amides is 3. The Kier molecular flexibility index (Phi) is 6.56. The van der Waals surface area contributed by atoms with Gasteiger partial charge in [-0.25, -0.2) is 0 Å². The Balaban J connectivity index is 1.64. The second kappa shape index (κ2) is 8.65. The van der Waals surface area contributed by atoms with E-state index in [0.717, 1.165) is 4.47 Å². The van der Waals surface area contributed by atoms with Crippen LogP contribution < -0.4 is 16.2 Å². The molecule has 7 nitrogen and oxygen atoms in total. The number of halogens is 1. The number of hydrazine groups is 1. The fourth-order valence-electron chi connectivity index (χ4n) is 1.95. The lowest BCUT2D eigenvalue weighted by molar-refractivity contribution is -0.121. The monoisotopic (exact) mass is 412 g/mol. The quantitative estimate of drug-likeness (QED) is 0.498. The van der Waals surface area contributed by atoms with E-state index in [-0.39, 0.29) is 18.2 Å². The standard InChI is InChI=1S/C15H17BrN4O3S/c1-20-8-11(16)7-12(20)15(23)19-18-13(21)3-2-5-17-14(22)10-4-6-24-9-10/h4,6-9H,2-3,5H2,1H3,(H,17,22)(H,18,21)(H,19,23). The van der Waals surface area contributed by atoms with Crippen LogP contribution in [0.1, 0.15) is 33.7 Å². The van der Waals surface area contributed by atoms with E-state index in [1.54, 1.807) is 35.3 Å². The van der Waals surface area contributed by atoms with Gasteiger partial charge < -0.3 is 9.88 Å². The first-order valence-corrected chi connectivity index (χ1v) is 8.92. The fraction of sp³-hybridized carbons (Fsp3) is 0.267. The molecule has 0 radical (unpaired) electrons. The highest BCUT2D eigenvalue weighted by molar-refractivity contribution is 9.10. The third kappa shape index (κ3) is 5.20. The second-order valence-corrected chi connectivity index (χ2v) is 6.72. The van der Waals surface area contributed by atoms with Crippen LogP contribution in [0.25, 0.3) is 0 Å². The molecule has 0 spiro atoms. The topological polar surface area (TPSA) is 92.2 Å². The van der Waals surface area contributed by atoms with Crippen LogP contribution in [0.5, 0.6) is 0 Å². The molecule has 3 N–H and O–H groups in total. The average Bonchev–Trinajstić information content (AvgIpc) is 3.18. The predicted octanol–water partition coefficient (Wildman–Crippen LogP) is 1.82. The number of rotatable bonds is 6. The Morgan fingerprint density at radius 2 is 2.04 bits per heavy atom. The predicted molar refractivity (Wildman–Crippen MR) is 94.6 cm³/mol. The fourth-order valence-corrected chi connectivity index (χ4v) is 3.11. The van der Waals surface area contributed by atoms with Gasteiger partial charge in [0.25, 0.3) is 11.8 Å². The Hall–Kier alpha value is -2.13. The van der Waals surface area contributed by atoms with E-state index < -0.39 is 5.91 Å². The zero-order valence-electron chi connectivity index (χ0n) is 13.0. The molecular weight excluding hydrogens is 396 g/mol. The van der Waals surface area contributed by atoms with Gasteiger partial charge in [-0.05, 0) is 39.9 Å². The van der Waals surface area contributed by atoms with Crippen LogP contribution in [0.2, 0.25) is 0 Å². The Bertz CT molecular complexity index is 727. The lowest BCUT2D eigenvalue weighted by Crippen LogP contribution is -2.42. The summed E-state index contributed by atoms with van der Waals surface area (Å²) in [6.07, 6.45) is 2.42. The molecule has 0 unspecified atom stereocenters. The van der Waals surface area contributed by atoms with Gasteiger partial charge in [-0.2, -0.15) is 11.3 Å². The molecule has 2 aromatic heterocycles. The molecule has 0 saturated carbocycles. The molecular formula is C15H17BrN4O3S. The van der Waals surface area contributed by atoms with E-state index in [4.69, 9.17) is 0 Å². The molecule has 2 aromatic rings. The van der Waals surface area contributed by atoms with Gasteiger partial charge in [-0.1, -0.05) is 0 Å². The normalized spacial score (nSPS) is 10.2. The van der Waals surface area contributed by atoms with Crippen molar-refractivity contribution in [1.82, 2.24) is 20.7 Å². The minimum atomic E-state index is -0.401. The van der Waals surface area contributed by atoms with Crippen LogP contribution in [-0.2, 0) is 11.8 Å². The lowest BCUT2D eigenvalue weighted by atomic mass is 10.3. The molecule has 2 rings (SSSR count). The zero-order chi connectivity index (χ0) is 17.5. The highest BCUT2D eigenvalue weighted by Crippen LogP contribution is 2.13. The Labute approximate surface area is 151 Å². The smallest absolute Gasteiger partial charge is 0.286 e. The van der Waals surface area contributed by atoms with Crippen molar-refractivity contribution in [1.29, 1.82) is 0 Å². The van der Waals surface area contributed by atoms with E-state index in [0.29, 0.717) is 24.2 Å². The maximum Gasteiger partial charge on any atom is 0.286 e. The van der Waals surface area contributed by atoms with Gasteiger partial charge in [0.1, 0.15) is 5.69 Å². The van der Waals surface area contributed by atoms with Crippen LogP contribution >= 0.6 is 27.3 Å². The van der Waals surface area contributed by atoms with Gasteiger partial charge in [-0.3, -0.25) is 25.2 Å². The highest BCUT2D eigenvalue weighted by Gasteiger charge is 2.12. The molecule has 0 atom stereocenters. The first-order chi connectivity index (χ1) is 11.5. The van der Waals surface area contributed by atoms with Gasteiger partial charge in [0, 0.05) is 41.6 Å². The van der Waals surface area contributed by atoms with E-state index in [1.807, 2.05) is 5.38 Å². The van der Waals surface area contributed by atoms with Crippen molar-refractivity contribution in [2.45, 2.75) is 12.8 Å². The van der Waals surface area contributed by atoms with Crippen molar-refractivity contribution >= 4 is 45.0 Å². The van der Waals surface area contributed by atoms with Crippen LogP contribution in [0.15, 0.2) is 33.6 Å². The molecule has 0 saturated heterocycles. The van der Waals surface area contributed by atoms with Crippen LogP contribution in [-0.4, -0.2) is 28.8 Å². The molecule has 0 bridgehead atoms. The summed E-state index contributed by atoms with van der Waals surface area (Å²) >= 11 is 4.73. The summed E-state index contributed by atoms with van der Waals surface area (Å²) in [5.74, 6) is -0.872. The number of carbonyl (C=O) groups is 3. The molecule has 0 aliphatic heterocycles. The number of aromatic nitrogens is 1. The second-order valence-electron chi connectivity index (χ2n) is 5.03. The first-order valence-electron chi connectivity index (χ1n) is 7.19. The molecule has 0 fully saturated rings. The molecule has 0 aromatic carbocycles. The SMILES string of the molecule is Cn1cc(Br)cc1C(=O)NNC(=O)CCCNC(=O)c1ccsc1. The summed E-state index contributed by atoms with van der Waals surface area (Å²) in [6.45, 7) is 0.390. The summed E-state index contributed by atoms with van der Waals surface area (Å²) in [7, 11) is 1.73. The Morgan fingerprint density at radius 3 is 2.67 bits per heavy atom. The van der Waals surface area contributed by atoms with Crippen molar-refractivity contribution in [2.24, 2.45) is 7.05 Å². The number of carbonyl (C=O) groups excluding carboxylic acids is 3. The van der Waals surface area contributed by atoms with Crippen LogP contribution in [0.4, 0.5) is 0 Å². The van der Waals surface area contributed by atoms with Crippen LogP contribution in [0, 0.1) is 0 Å². The number of hydrogen-bond acceptors (Lipinski definition) is 4.